The van der Waals surface area contributed by atoms with Crippen molar-refractivity contribution in [1.82, 2.24) is 5.32 Å². The van der Waals surface area contributed by atoms with Gasteiger partial charge in [-0.1, -0.05) is 30.2 Å². The Morgan fingerprint density at radius 2 is 2.12 bits per heavy atom. The lowest BCUT2D eigenvalue weighted by atomic mass is 9.85. The van der Waals surface area contributed by atoms with Crippen LogP contribution in [0.3, 0.4) is 0 Å². The van der Waals surface area contributed by atoms with Crippen LogP contribution in [0.4, 0.5) is 0 Å². The molecule has 0 amide bonds. The summed E-state index contributed by atoms with van der Waals surface area (Å²) in [6.07, 6.45) is 6.90. The molecule has 0 heterocycles. The summed E-state index contributed by atoms with van der Waals surface area (Å²) < 4.78 is 0. The van der Waals surface area contributed by atoms with Crippen LogP contribution in [0.5, 0.6) is 0 Å². The third kappa shape index (κ3) is 1.89. The fourth-order valence-corrected chi connectivity index (χ4v) is 2.96. The maximum atomic E-state index is 3.76. The van der Waals surface area contributed by atoms with Crippen molar-refractivity contribution < 1.29 is 0 Å². The van der Waals surface area contributed by atoms with E-state index in [2.05, 4.69) is 30.4 Å². The molecule has 3 rings (SSSR count). The van der Waals surface area contributed by atoms with Crippen molar-refractivity contribution >= 4 is 0 Å². The fourth-order valence-electron chi connectivity index (χ4n) is 2.96. The second-order valence-corrected chi connectivity index (χ2v) is 5.50. The van der Waals surface area contributed by atoms with E-state index in [4.69, 9.17) is 0 Å². The first-order valence-corrected chi connectivity index (χ1v) is 6.66. The van der Waals surface area contributed by atoms with Crippen molar-refractivity contribution in [1.29, 1.82) is 0 Å². The summed E-state index contributed by atoms with van der Waals surface area (Å²) in [6, 6.07) is 7.58. The molecule has 0 bridgehead atoms. The van der Waals surface area contributed by atoms with Gasteiger partial charge in [0.05, 0.1) is 0 Å². The second kappa shape index (κ2) is 4.21. The number of nitrogens with one attached hydrogen (secondary N) is 1. The minimum Gasteiger partial charge on any atom is -0.310 e. The normalized spacial score (nSPS) is 24.2. The van der Waals surface area contributed by atoms with Gasteiger partial charge in [0.2, 0.25) is 0 Å². The van der Waals surface area contributed by atoms with E-state index in [9.17, 15) is 0 Å². The van der Waals surface area contributed by atoms with Crippen LogP contribution in [-0.4, -0.2) is 6.54 Å². The van der Waals surface area contributed by atoms with Gasteiger partial charge in [0.25, 0.3) is 0 Å². The van der Waals surface area contributed by atoms with Gasteiger partial charge in [-0.05, 0) is 56.2 Å². The summed E-state index contributed by atoms with van der Waals surface area (Å²) >= 11 is 0. The maximum Gasteiger partial charge on any atom is 0.0326 e. The summed E-state index contributed by atoms with van der Waals surface area (Å²) in [5.41, 5.74) is 4.54. The predicted molar refractivity (Wildman–Crippen MR) is 67.6 cm³/mol. The molecule has 0 saturated heterocycles. The highest BCUT2D eigenvalue weighted by molar-refractivity contribution is 5.37. The zero-order valence-electron chi connectivity index (χ0n) is 10.1. The Labute approximate surface area is 98.3 Å². The van der Waals surface area contributed by atoms with E-state index in [1.54, 1.807) is 11.1 Å². The van der Waals surface area contributed by atoms with Crippen molar-refractivity contribution in [3.8, 4) is 0 Å². The molecule has 0 aromatic heterocycles. The molecule has 1 nitrogen and oxygen atoms in total. The standard InChI is InChI=1S/C15H21N/c1-11-5-7-14-13(9-11)6-8-15(14)16-10-12-3-2-4-12/h5,7,9,12,15-16H,2-4,6,8,10H2,1H3. The van der Waals surface area contributed by atoms with Gasteiger partial charge < -0.3 is 5.32 Å². The molecule has 1 unspecified atom stereocenters. The molecule has 1 heteroatoms. The molecule has 2 aliphatic rings. The monoisotopic (exact) mass is 215 g/mol. The second-order valence-electron chi connectivity index (χ2n) is 5.50. The van der Waals surface area contributed by atoms with E-state index >= 15 is 0 Å². The molecular formula is C15H21N. The van der Waals surface area contributed by atoms with Gasteiger partial charge >= 0.3 is 0 Å². The number of hydrogen-bond donors (Lipinski definition) is 1. The first-order chi connectivity index (χ1) is 7.83. The van der Waals surface area contributed by atoms with Crippen molar-refractivity contribution in [2.45, 2.75) is 45.1 Å². The zero-order chi connectivity index (χ0) is 11.0. The van der Waals surface area contributed by atoms with Crippen molar-refractivity contribution in [2.75, 3.05) is 6.54 Å². The lowest BCUT2D eigenvalue weighted by molar-refractivity contribution is 0.289. The molecule has 2 aliphatic carbocycles. The average Bonchev–Trinajstić information content (AvgIpc) is 2.58. The van der Waals surface area contributed by atoms with E-state index in [-0.39, 0.29) is 0 Å². The van der Waals surface area contributed by atoms with Gasteiger partial charge in [-0.2, -0.15) is 0 Å². The molecule has 1 fully saturated rings. The van der Waals surface area contributed by atoms with Crippen LogP contribution in [0.1, 0.15) is 48.4 Å². The summed E-state index contributed by atoms with van der Waals surface area (Å²) in [5.74, 6) is 0.967. The number of fused-ring (bicyclic) bond motifs is 1. The quantitative estimate of drug-likeness (QED) is 0.815. The average molecular weight is 215 g/mol. The molecule has 0 radical (unpaired) electrons. The largest absolute Gasteiger partial charge is 0.310 e. The lowest BCUT2D eigenvalue weighted by Crippen LogP contribution is -2.29. The van der Waals surface area contributed by atoms with Gasteiger partial charge in [-0.15, -0.1) is 0 Å². The molecule has 0 aliphatic heterocycles. The van der Waals surface area contributed by atoms with Gasteiger partial charge in [0.1, 0.15) is 0 Å². The fraction of sp³-hybridized carbons (Fsp3) is 0.600. The SMILES string of the molecule is Cc1ccc2c(c1)CCC2NCC1CCC1. The summed E-state index contributed by atoms with van der Waals surface area (Å²) in [7, 11) is 0. The van der Waals surface area contributed by atoms with Gasteiger partial charge in [0.15, 0.2) is 0 Å². The lowest BCUT2D eigenvalue weighted by Gasteiger charge is -2.27. The predicted octanol–water partition coefficient (Wildman–Crippen LogP) is 3.37. The topological polar surface area (TPSA) is 12.0 Å². The van der Waals surface area contributed by atoms with Crippen molar-refractivity contribution in [3.05, 3.63) is 34.9 Å². The molecule has 1 N–H and O–H groups in total. The molecule has 16 heavy (non-hydrogen) atoms. The van der Waals surface area contributed by atoms with Crippen LogP contribution >= 0.6 is 0 Å². The van der Waals surface area contributed by atoms with Crippen LogP contribution in [0.15, 0.2) is 18.2 Å². The highest BCUT2D eigenvalue weighted by atomic mass is 14.9. The van der Waals surface area contributed by atoms with E-state index in [1.165, 1.54) is 44.2 Å². The van der Waals surface area contributed by atoms with Crippen molar-refractivity contribution in [3.63, 3.8) is 0 Å². The Morgan fingerprint density at radius 3 is 2.88 bits per heavy atom. The zero-order valence-corrected chi connectivity index (χ0v) is 10.1. The van der Waals surface area contributed by atoms with E-state index in [0.29, 0.717) is 6.04 Å². The minimum atomic E-state index is 0.635. The minimum absolute atomic E-state index is 0.635. The van der Waals surface area contributed by atoms with Gasteiger partial charge in [-0.25, -0.2) is 0 Å². The van der Waals surface area contributed by atoms with Crippen LogP contribution in [0.2, 0.25) is 0 Å². The van der Waals surface area contributed by atoms with Crippen molar-refractivity contribution in [2.24, 2.45) is 5.92 Å². The molecule has 0 spiro atoms. The Bertz CT molecular complexity index is 379. The van der Waals surface area contributed by atoms with Crippen LogP contribution in [-0.2, 0) is 6.42 Å². The van der Waals surface area contributed by atoms with E-state index in [0.717, 1.165) is 5.92 Å². The highest BCUT2D eigenvalue weighted by Crippen LogP contribution is 2.33. The molecule has 1 saturated carbocycles. The van der Waals surface area contributed by atoms with Gasteiger partial charge in [-0.3, -0.25) is 0 Å². The molecule has 86 valence electrons. The van der Waals surface area contributed by atoms with Crippen LogP contribution in [0.25, 0.3) is 0 Å². The Hall–Kier alpha value is -0.820. The number of aryl methyl sites for hydroxylation is 2. The Balaban J connectivity index is 1.66. The molecular weight excluding hydrogens is 194 g/mol. The third-order valence-corrected chi connectivity index (χ3v) is 4.25. The summed E-state index contributed by atoms with van der Waals surface area (Å²) in [5, 5.41) is 3.76. The summed E-state index contributed by atoms with van der Waals surface area (Å²) in [4.78, 5) is 0. The van der Waals surface area contributed by atoms with E-state index in [1.807, 2.05) is 0 Å². The number of hydrogen-bond acceptors (Lipinski definition) is 1. The Kier molecular flexibility index (Phi) is 2.72. The van der Waals surface area contributed by atoms with Crippen LogP contribution < -0.4 is 5.32 Å². The first-order valence-electron chi connectivity index (χ1n) is 6.66. The molecule has 1 aromatic rings. The molecule has 1 aromatic carbocycles. The summed E-state index contributed by atoms with van der Waals surface area (Å²) in [6.45, 7) is 3.42. The van der Waals surface area contributed by atoms with Gasteiger partial charge in [0, 0.05) is 6.04 Å². The van der Waals surface area contributed by atoms with Crippen LogP contribution in [0, 0.1) is 12.8 Å². The first kappa shape index (κ1) is 10.3. The van der Waals surface area contributed by atoms with E-state index < -0.39 is 0 Å². The number of benzene rings is 1. The maximum absolute atomic E-state index is 3.76. The smallest absolute Gasteiger partial charge is 0.0326 e. The Morgan fingerprint density at radius 1 is 1.25 bits per heavy atom. The number of rotatable bonds is 3. The molecule has 1 atom stereocenters. The third-order valence-electron chi connectivity index (χ3n) is 4.25. The highest BCUT2D eigenvalue weighted by Gasteiger charge is 2.24.